The number of azo groups is 2. The Bertz CT molecular complexity index is 1360. The summed E-state index contributed by atoms with van der Waals surface area (Å²) in [6.07, 6.45) is 5.96. The molecule has 0 spiro atoms. The lowest BCUT2D eigenvalue weighted by Gasteiger charge is -2.24. The number of ether oxygens (including phenoxy) is 2. The molecule has 10 nitrogen and oxygen atoms in total. The van der Waals surface area contributed by atoms with Gasteiger partial charge in [-0.25, -0.2) is 9.13 Å². The monoisotopic (exact) mass is 610 g/mol. The van der Waals surface area contributed by atoms with Gasteiger partial charge >= 0.3 is 10.3 Å². The molecule has 42 heavy (non-hydrogen) atoms. The van der Waals surface area contributed by atoms with Crippen LogP contribution in [0.3, 0.4) is 0 Å². The van der Waals surface area contributed by atoms with Gasteiger partial charge in [0.1, 0.15) is 35.3 Å². The fourth-order valence-electron chi connectivity index (χ4n) is 4.07. The first kappa shape index (κ1) is 34.3. The lowest BCUT2D eigenvalue weighted by Crippen LogP contribution is -2.23. The maximum Gasteiger partial charge on any atom is 0.408 e. The summed E-state index contributed by atoms with van der Waals surface area (Å²) in [5, 5.41) is 23.1. The second-order valence-electron chi connectivity index (χ2n) is 9.26. The number of thiazole rings is 2. The topological polar surface area (TPSA) is 82.1 Å². The van der Waals surface area contributed by atoms with Crippen molar-refractivity contribution in [3.05, 3.63) is 74.4 Å². The second kappa shape index (κ2) is 16.5. The molecule has 12 heteroatoms. The van der Waals surface area contributed by atoms with Crippen molar-refractivity contribution >= 4 is 55.7 Å². The molecule has 226 valence electrons. The minimum Gasteiger partial charge on any atom is -0.495 e. The van der Waals surface area contributed by atoms with E-state index in [-0.39, 0.29) is 14.9 Å². The molecule has 0 saturated heterocycles. The lowest BCUT2D eigenvalue weighted by atomic mass is 10.2. The van der Waals surface area contributed by atoms with Gasteiger partial charge in [0.2, 0.25) is 0 Å². The van der Waals surface area contributed by atoms with E-state index >= 15 is 0 Å². The molecule has 0 aliphatic carbocycles. The van der Waals surface area contributed by atoms with Crippen LogP contribution in [0.5, 0.6) is 11.5 Å². The Morgan fingerprint density at radius 2 is 1.07 bits per heavy atom. The van der Waals surface area contributed by atoms with Crippen LogP contribution in [0.4, 0.5) is 33.0 Å². The summed E-state index contributed by atoms with van der Waals surface area (Å²) in [6, 6.07) is 11.9. The number of anilines is 2. The van der Waals surface area contributed by atoms with Crippen molar-refractivity contribution in [1.29, 1.82) is 0 Å². The van der Waals surface area contributed by atoms with Gasteiger partial charge in [0.05, 0.1) is 49.9 Å². The van der Waals surface area contributed by atoms with Crippen LogP contribution in [-0.4, -0.2) is 41.4 Å². The highest BCUT2D eigenvalue weighted by atomic mass is 32.1. The summed E-state index contributed by atoms with van der Waals surface area (Å²) in [4.78, 5) is 4.43. The molecule has 0 aliphatic rings. The van der Waals surface area contributed by atoms with Crippen LogP contribution in [0, 0.1) is 14.9 Å². The standard InChI is InChI=1S/C28H36N8O2S2.2CH3/c1-33(23-11-9-21(19-25(23)37-5)29-31-27-35(3)15-17-39-27)13-7-8-14-34(2)24-12-10-22(20-26(24)38-6)30-32-28-36(4)16-18-40-28;;/h9-12,15-20H,7-8,13-14H2,1-6H3;2*1H3/q+2;2*-1. The third kappa shape index (κ3) is 8.80. The molecule has 0 saturated carbocycles. The van der Waals surface area contributed by atoms with Crippen molar-refractivity contribution in [2.45, 2.75) is 12.8 Å². The first-order valence-corrected chi connectivity index (χ1v) is 14.6. The average Bonchev–Trinajstić information content (AvgIpc) is 3.59. The second-order valence-corrected chi connectivity index (χ2v) is 11.0. The zero-order valence-corrected chi connectivity index (χ0v) is 27.4. The van der Waals surface area contributed by atoms with Gasteiger partial charge in [-0.2, -0.15) is 0 Å². The van der Waals surface area contributed by atoms with Crippen LogP contribution in [0.15, 0.2) is 80.0 Å². The number of rotatable bonds is 13. The van der Waals surface area contributed by atoms with E-state index in [1.165, 1.54) is 0 Å². The Balaban J connectivity index is 0.00000308. The molecule has 0 atom stereocenters. The minimum absolute atomic E-state index is 0. The average molecular weight is 611 g/mol. The Labute approximate surface area is 258 Å². The van der Waals surface area contributed by atoms with E-state index < -0.39 is 0 Å². The minimum atomic E-state index is 0. The number of aryl methyl sites for hydroxylation is 2. The van der Waals surface area contributed by atoms with Crippen LogP contribution < -0.4 is 28.4 Å². The fourth-order valence-corrected chi connectivity index (χ4v) is 5.44. The van der Waals surface area contributed by atoms with E-state index in [0.29, 0.717) is 0 Å². The van der Waals surface area contributed by atoms with Gasteiger partial charge in [-0.15, -0.1) is 0 Å². The summed E-state index contributed by atoms with van der Waals surface area (Å²) in [7, 11) is 11.4. The molecule has 0 fully saturated rings. The van der Waals surface area contributed by atoms with Crippen LogP contribution in [0.2, 0.25) is 0 Å². The molecule has 0 unspecified atom stereocenters. The fraction of sp³-hybridized carbons (Fsp3) is 0.333. The number of benzene rings is 2. The van der Waals surface area contributed by atoms with Crippen molar-refractivity contribution < 1.29 is 18.6 Å². The number of hydrogen-bond acceptors (Lipinski definition) is 10. The molecular weight excluding hydrogens is 569 g/mol. The van der Waals surface area contributed by atoms with Crippen molar-refractivity contribution in [3.8, 4) is 11.5 Å². The highest BCUT2D eigenvalue weighted by Gasteiger charge is 2.14. The summed E-state index contributed by atoms with van der Waals surface area (Å²) in [6.45, 7) is 1.79. The van der Waals surface area contributed by atoms with Gasteiger partial charge in [0.25, 0.3) is 0 Å². The molecule has 2 aromatic carbocycles. The van der Waals surface area contributed by atoms with Gasteiger partial charge < -0.3 is 34.1 Å². The van der Waals surface area contributed by atoms with Crippen molar-refractivity contribution in [2.75, 3.05) is 51.2 Å². The van der Waals surface area contributed by atoms with E-state index in [1.54, 1.807) is 36.9 Å². The van der Waals surface area contributed by atoms with Gasteiger partial charge in [0.15, 0.2) is 0 Å². The molecular formula is C30H42N8O2S2. The smallest absolute Gasteiger partial charge is 0.408 e. The van der Waals surface area contributed by atoms with Crippen molar-refractivity contribution in [2.24, 2.45) is 34.6 Å². The number of aromatic nitrogens is 2. The predicted octanol–water partition coefficient (Wildman–Crippen LogP) is 7.56. The van der Waals surface area contributed by atoms with Crippen molar-refractivity contribution in [1.82, 2.24) is 0 Å². The third-order valence-corrected chi connectivity index (χ3v) is 8.08. The quantitative estimate of drug-likeness (QED) is 0.0677. The van der Waals surface area contributed by atoms with E-state index in [1.807, 2.05) is 82.8 Å². The Morgan fingerprint density at radius 1 is 0.667 bits per heavy atom. The maximum absolute atomic E-state index is 5.67. The zero-order chi connectivity index (χ0) is 28.5. The van der Waals surface area contributed by atoms with Crippen LogP contribution >= 0.6 is 22.7 Å². The summed E-state index contributed by atoms with van der Waals surface area (Å²) in [5.41, 5.74) is 3.56. The van der Waals surface area contributed by atoms with E-state index in [9.17, 15) is 0 Å². The third-order valence-electron chi connectivity index (χ3n) is 6.41. The van der Waals surface area contributed by atoms with Crippen molar-refractivity contribution in [3.63, 3.8) is 0 Å². The predicted molar refractivity (Wildman–Crippen MR) is 174 cm³/mol. The number of methoxy groups -OCH3 is 2. The molecule has 2 aromatic heterocycles. The Kier molecular flexibility index (Phi) is 13.5. The summed E-state index contributed by atoms with van der Waals surface area (Å²) >= 11 is 3.09. The normalized spacial score (nSPS) is 10.9. The molecule has 0 bridgehead atoms. The van der Waals surface area contributed by atoms with Gasteiger partial charge in [-0.1, -0.05) is 0 Å². The highest BCUT2D eigenvalue weighted by Crippen LogP contribution is 2.34. The molecule has 0 aliphatic heterocycles. The first-order chi connectivity index (χ1) is 19.4. The number of hydrogen-bond donors (Lipinski definition) is 0. The first-order valence-electron chi connectivity index (χ1n) is 12.9. The van der Waals surface area contributed by atoms with Crippen LogP contribution in [0.25, 0.3) is 0 Å². The van der Waals surface area contributed by atoms with E-state index in [2.05, 4.69) is 44.4 Å². The van der Waals surface area contributed by atoms with E-state index in [4.69, 9.17) is 9.47 Å². The van der Waals surface area contributed by atoms with Gasteiger partial charge in [0, 0.05) is 50.1 Å². The maximum atomic E-state index is 5.67. The lowest BCUT2D eigenvalue weighted by molar-refractivity contribution is -0.654. The molecule has 0 amide bonds. The Morgan fingerprint density at radius 3 is 1.40 bits per heavy atom. The molecule has 2 heterocycles. The zero-order valence-electron chi connectivity index (χ0n) is 25.8. The molecule has 4 aromatic rings. The number of nitrogens with zero attached hydrogens (tertiary/aromatic N) is 8. The molecule has 4 rings (SSSR count). The highest BCUT2D eigenvalue weighted by molar-refractivity contribution is 7.13. The largest absolute Gasteiger partial charge is 0.495 e. The Hall–Kier alpha value is -3.90. The number of unbranched alkanes of at least 4 members (excludes halogenated alkanes) is 1. The molecule has 0 N–H and O–H groups in total. The van der Waals surface area contributed by atoms with Gasteiger partial charge in [-0.05, 0) is 70.0 Å². The van der Waals surface area contributed by atoms with E-state index in [0.717, 1.165) is 70.4 Å². The van der Waals surface area contributed by atoms with Crippen LogP contribution in [-0.2, 0) is 14.1 Å². The van der Waals surface area contributed by atoms with Crippen LogP contribution in [0.1, 0.15) is 12.8 Å². The summed E-state index contributed by atoms with van der Waals surface area (Å²) in [5.74, 6) is 1.56. The SMILES string of the molecule is COc1cc(N=Nc2scc[n+]2C)ccc1N(C)CCCCN(C)c1ccc(N=Nc2scc[n+]2C)cc1OC.[CH3-].[CH3-]. The van der Waals surface area contributed by atoms with Gasteiger partial charge in [-0.3, -0.25) is 0 Å². The molecule has 0 radical (unpaired) electrons. The summed E-state index contributed by atoms with van der Waals surface area (Å²) < 4.78 is 15.2.